The van der Waals surface area contributed by atoms with Crippen molar-refractivity contribution >= 4 is 10.0 Å². The Balaban J connectivity index is 2.28. The fourth-order valence-corrected chi connectivity index (χ4v) is 3.64. The van der Waals surface area contributed by atoms with Crippen LogP contribution in [0.4, 0.5) is 0 Å². The summed E-state index contributed by atoms with van der Waals surface area (Å²) >= 11 is 0. The average Bonchev–Trinajstić information content (AvgIpc) is 2.28. The van der Waals surface area contributed by atoms with Crippen molar-refractivity contribution in [2.24, 2.45) is 17.6 Å². The van der Waals surface area contributed by atoms with Crippen LogP contribution in [0.3, 0.4) is 0 Å². The lowest BCUT2D eigenvalue weighted by molar-refractivity contribution is 0.257. The lowest BCUT2D eigenvalue weighted by Crippen LogP contribution is -2.34. The molecule has 102 valence electrons. The van der Waals surface area contributed by atoms with E-state index in [1.54, 1.807) is 0 Å². The number of nitrogens with two attached hydrogens (primary N) is 1. The Morgan fingerprint density at radius 3 is 2.59 bits per heavy atom. The third-order valence-electron chi connectivity index (χ3n) is 3.72. The highest BCUT2D eigenvalue weighted by molar-refractivity contribution is 7.89. The molecule has 0 bridgehead atoms. The minimum absolute atomic E-state index is 0.214. The van der Waals surface area contributed by atoms with Crippen LogP contribution in [0, 0.1) is 11.8 Å². The molecule has 0 saturated heterocycles. The third-order valence-corrected chi connectivity index (χ3v) is 5.15. The van der Waals surface area contributed by atoms with Crippen LogP contribution >= 0.6 is 0 Å². The van der Waals surface area contributed by atoms with Gasteiger partial charge in [-0.2, -0.15) is 0 Å². The first-order chi connectivity index (χ1) is 8.05. The standard InChI is InChI=1S/C12H26N2O2S/c1-11-6-2-3-7-12(11)10-14-17(15,16)9-5-4-8-13/h11-12,14H,2-10,13H2,1H3. The summed E-state index contributed by atoms with van der Waals surface area (Å²) in [5.41, 5.74) is 5.35. The van der Waals surface area contributed by atoms with Gasteiger partial charge in [0.2, 0.25) is 10.0 Å². The van der Waals surface area contributed by atoms with Crippen LogP contribution in [-0.2, 0) is 10.0 Å². The first kappa shape index (κ1) is 14.9. The Morgan fingerprint density at radius 1 is 1.24 bits per heavy atom. The van der Waals surface area contributed by atoms with E-state index in [2.05, 4.69) is 11.6 Å². The van der Waals surface area contributed by atoms with E-state index < -0.39 is 10.0 Å². The molecule has 5 heteroatoms. The molecule has 1 aliphatic carbocycles. The number of sulfonamides is 1. The van der Waals surface area contributed by atoms with Gasteiger partial charge in [0.25, 0.3) is 0 Å². The molecule has 0 amide bonds. The van der Waals surface area contributed by atoms with Gasteiger partial charge in [-0.05, 0) is 37.6 Å². The fourth-order valence-electron chi connectivity index (χ4n) is 2.44. The maximum atomic E-state index is 11.7. The Bertz CT molecular complexity index is 304. The number of hydrogen-bond acceptors (Lipinski definition) is 3. The highest BCUT2D eigenvalue weighted by Crippen LogP contribution is 2.28. The molecule has 0 aliphatic heterocycles. The molecular weight excluding hydrogens is 236 g/mol. The normalized spacial score (nSPS) is 26.0. The molecule has 1 aliphatic rings. The predicted octanol–water partition coefficient (Wildman–Crippen LogP) is 1.47. The minimum atomic E-state index is -3.08. The highest BCUT2D eigenvalue weighted by Gasteiger charge is 2.22. The van der Waals surface area contributed by atoms with Gasteiger partial charge in [0.05, 0.1) is 5.75 Å². The van der Waals surface area contributed by atoms with Crippen molar-refractivity contribution in [2.75, 3.05) is 18.8 Å². The second-order valence-electron chi connectivity index (χ2n) is 5.18. The van der Waals surface area contributed by atoms with Crippen molar-refractivity contribution in [3.8, 4) is 0 Å². The monoisotopic (exact) mass is 262 g/mol. The predicted molar refractivity (Wildman–Crippen MR) is 71.2 cm³/mol. The molecule has 4 nitrogen and oxygen atoms in total. The van der Waals surface area contributed by atoms with Gasteiger partial charge in [-0.15, -0.1) is 0 Å². The molecule has 0 aromatic heterocycles. The molecule has 0 spiro atoms. The van der Waals surface area contributed by atoms with Gasteiger partial charge in [-0.1, -0.05) is 26.2 Å². The SMILES string of the molecule is CC1CCCCC1CNS(=O)(=O)CCCCN. The molecule has 1 rings (SSSR count). The van der Waals surface area contributed by atoms with Gasteiger partial charge in [0, 0.05) is 6.54 Å². The van der Waals surface area contributed by atoms with Crippen molar-refractivity contribution < 1.29 is 8.42 Å². The van der Waals surface area contributed by atoms with Gasteiger partial charge < -0.3 is 5.73 Å². The summed E-state index contributed by atoms with van der Waals surface area (Å²) in [7, 11) is -3.08. The van der Waals surface area contributed by atoms with E-state index in [-0.39, 0.29) is 5.75 Å². The summed E-state index contributed by atoms with van der Waals surface area (Å²) in [4.78, 5) is 0. The minimum Gasteiger partial charge on any atom is -0.330 e. The van der Waals surface area contributed by atoms with E-state index in [9.17, 15) is 8.42 Å². The topological polar surface area (TPSA) is 72.2 Å². The van der Waals surface area contributed by atoms with E-state index in [1.165, 1.54) is 19.3 Å². The largest absolute Gasteiger partial charge is 0.330 e. The molecular formula is C12H26N2O2S. The lowest BCUT2D eigenvalue weighted by atomic mass is 9.81. The molecule has 0 aromatic carbocycles. The third kappa shape index (κ3) is 5.84. The van der Waals surface area contributed by atoms with Crippen LogP contribution in [0.5, 0.6) is 0 Å². The van der Waals surface area contributed by atoms with Crippen LogP contribution in [0.25, 0.3) is 0 Å². The summed E-state index contributed by atoms with van der Waals surface area (Å²) in [5, 5.41) is 0. The van der Waals surface area contributed by atoms with Crippen molar-refractivity contribution in [1.82, 2.24) is 4.72 Å². The van der Waals surface area contributed by atoms with Gasteiger partial charge >= 0.3 is 0 Å². The Labute approximate surface area is 105 Å². The Kier molecular flexibility index (Phi) is 6.44. The van der Waals surface area contributed by atoms with E-state index in [4.69, 9.17) is 5.73 Å². The number of unbranched alkanes of at least 4 members (excludes halogenated alkanes) is 1. The first-order valence-electron chi connectivity index (χ1n) is 6.72. The summed E-state index contributed by atoms with van der Waals surface area (Å²) < 4.78 is 26.2. The second-order valence-corrected chi connectivity index (χ2v) is 7.11. The smallest absolute Gasteiger partial charge is 0.211 e. The van der Waals surface area contributed by atoms with Crippen LogP contribution < -0.4 is 10.5 Å². The fraction of sp³-hybridized carbons (Fsp3) is 1.00. The number of rotatable bonds is 7. The van der Waals surface area contributed by atoms with E-state index in [0.29, 0.717) is 31.3 Å². The average molecular weight is 262 g/mol. The van der Waals surface area contributed by atoms with Gasteiger partial charge in [0.1, 0.15) is 0 Å². The van der Waals surface area contributed by atoms with E-state index in [0.717, 1.165) is 12.8 Å². The van der Waals surface area contributed by atoms with E-state index >= 15 is 0 Å². The quantitative estimate of drug-likeness (QED) is 0.682. The van der Waals surface area contributed by atoms with E-state index in [1.807, 2.05) is 0 Å². The van der Waals surface area contributed by atoms with Crippen molar-refractivity contribution in [3.05, 3.63) is 0 Å². The summed E-state index contributed by atoms with van der Waals surface area (Å²) in [5.74, 6) is 1.38. The molecule has 2 atom stereocenters. The van der Waals surface area contributed by atoms with Crippen LogP contribution in [0.15, 0.2) is 0 Å². The molecule has 2 unspecified atom stereocenters. The number of nitrogens with one attached hydrogen (secondary N) is 1. The van der Waals surface area contributed by atoms with Crippen LogP contribution in [0.1, 0.15) is 45.4 Å². The number of hydrogen-bond donors (Lipinski definition) is 2. The molecule has 3 N–H and O–H groups in total. The molecule has 1 saturated carbocycles. The molecule has 17 heavy (non-hydrogen) atoms. The first-order valence-corrected chi connectivity index (χ1v) is 8.38. The van der Waals surface area contributed by atoms with Gasteiger partial charge in [-0.3, -0.25) is 0 Å². The lowest BCUT2D eigenvalue weighted by Gasteiger charge is -2.28. The summed E-state index contributed by atoms with van der Waals surface area (Å²) in [6.07, 6.45) is 6.36. The molecule has 0 aromatic rings. The van der Waals surface area contributed by atoms with Crippen molar-refractivity contribution in [2.45, 2.75) is 45.4 Å². The molecule has 0 radical (unpaired) electrons. The maximum Gasteiger partial charge on any atom is 0.211 e. The van der Waals surface area contributed by atoms with Gasteiger partial charge in [0.15, 0.2) is 0 Å². The summed E-state index contributed by atoms with van der Waals surface area (Å²) in [6, 6.07) is 0. The molecule has 0 heterocycles. The summed E-state index contributed by atoms with van der Waals surface area (Å²) in [6.45, 7) is 3.41. The zero-order chi connectivity index (χ0) is 12.7. The Morgan fingerprint density at radius 2 is 1.94 bits per heavy atom. The maximum absolute atomic E-state index is 11.7. The van der Waals surface area contributed by atoms with Crippen molar-refractivity contribution in [3.63, 3.8) is 0 Å². The van der Waals surface area contributed by atoms with Crippen molar-refractivity contribution in [1.29, 1.82) is 0 Å². The zero-order valence-corrected chi connectivity index (χ0v) is 11.6. The Hall–Kier alpha value is -0.130. The van der Waals surface area contributed by atoms with Crippen LogP contribution in [-0.4, -0.2) is 27.3 Å². The molecule has 1 fully saturated rings. The highest BCUT2D eigenvalue weighted by atomic mass is 32.2. The second kappa shape index (κ2) is 7.34. The van der Waals surface area contributed by atoms with Crippen LogP contribution in [0.2, 0.25) is 0 Å². The zero-order valence-electron chi connectivity index (χ0n) is 10.8. The van der Waals surface area contributed by atoms with Gasteiger partial charge in [-0.25, -0.2) is 13.1 Å².